The summed E-state index contributed by atoms with van der Waals surface area (Å²) < 4.78 is 0. The minimum Gasteiger partial charge on any atom is -0.338 e. The molecule has 1 aliphatic rings. The molecule has 0 bridgehead atoms. The van der Waals surface area contributed by atoms with Gasteiger partial charge in [-0.15, -0.1) is 0 Å². The maximum Gasteiger partial charge on any atom is 0.226 e. The van der Waals surface area contributed by atoms with E-state index in [1.807, 2.05) is 12.1 Å². The van der Waals surface area contributed by atoms with Crippen LogP contribution in [0.4, 0.5) is 5.95 Å². The van der Waals surface area contributed by atoms with Crippen molar-refractivity contribution in [1.82, 2.24) is 14.9 Å². The Hall–Kier alpha value is -1.52. The Labute approximate surface area is 155 Å². The lowest BCUT2D eigenvalue weighted by Gasteiger charge is -2.32. The summed E-state index contributed by atoms with van der Waals surface area (Å²) in [4.78, 5) is 14.9. The third-order valence-corrected chi connectivity index (χ3v) is 5.49. The SMILES string of the molecule is CN1CCN(c2ncc(Sc3ccc(C#N)c(Cl)c3)c(Cl)n2)CC1. The molecule has 124 valence electrons. The number of benzene rings is 1. The molecule has 0 unspecified atom stereocenters. The predicted octanol–water partition coefficient (Wildman–Crippen LogP) is 3.56. The molecule has 3 rings (SSSR count). The van der Waals surface area contributed by atoms with Crippen LogP contribution >= 0.6 is 35.0 Å². The fourth-order valence-corrected chi connectivity index (χ4v) is 3.68. The van der Waals surface area contributed by atoms with Gasteiger partial charge in [0.1, 0.15) is 11.2 Å². The van der Waals surface area contributed by atoms with Gasteiger partial charge in [0, 0.05) is 37.3 Å². The fraction of sp³-hybridized carbons (Fsp3) is 0.312. The molecule has 0 spiro atoms. The van der Waals surface area contributed by atoms with E-state index in [1.165, 1.54) is 11.8 Å². The first-order chi connectivity index (χ1) is 11.6. The van der Waals surface area contributed by atoms with Crippen molar-refractivity contribution in [2.45, 2.75) is 9.79 Å². The highest BCUT2D eigenvalue weighted by Crippen LogP contribution is 2.34. The smallest absolute Gasteiger partial charge is 0.226 e. The van der Waals surface area contributed by atoms with Crippen molar-refractivity contribution in [3.8, 4) is 6.07 Å². The molecule has 0 amide bonds. The van der Waals surface area contributed by atoms with Crippen molar-refractivity contribution in [3.63, 3.8) is 0 Å². The number of rotatable bonds is 3. The van der Waals surface area contributed by atoms with Crippen molar-refractivity contribution in [3.05, 3.63) is 40.1 Å². The largest absolute Gasteiger partial charge is 0.338 e. The zero-order chi connectivity index (χ0) is 17.1. The molecule has 1 aliphatic heterocycles. The molecule has 1 saturated heterocycles. The number of aromatic nitrogens is 2. The third kappa shape index (κ3) is 3.93. The monoisotopic (exact) mass is 379 g/mol. The van der Waals surface area contributed by atoms with Gasteiger partial charge in [0.05, 0.1) is 15.5 Å². The second kappa shape index (κ2) is 7.58. The summed E-state index contributed by atoms with van der Waals surface area (Å²) in [5.74, 6) is 0.662. The van der Waals surface area contributed by atoms with Gasteiger partial charge in [-0.1, -0.05) is 35.0 Å². The summed E-state index contributed by atoms with van der Waals surface area (Å²) in [7, 11) is 2.10. The number of hydrogen-bond acceptors (Lipinski definition) is 6. The van der Waals surface area contributed by atoms with Crippen LogP contribution in [0.25, 0.3) is 0 Å². The quantitative estimate of drug-likeness (QED) is 0.759. The highest BCUT2D eigenvalue weighted by Gasteiger charge is 2.18. The van der Waals surface area contributed by atoms with Crippen LogP contribution in [0.1, 0.15) is 5.56 Å². The van der Waals surface area contributed by atoms with Crippen molar-refractivity contribution >= 4 is 40.9 Å². The Morgan fingerprint density at radius 2 is 1.96 bits per heavy atom. The van der Waals surface area contributed by atoms with Gasteiger partial charge < -0.3 is 9.80 Å². The first kappa shape index (κ1) is 17.3. The van der Waals surface area contributed by atoms with Crippen LogP contribution in [0.2, 0.25) is 10.2 Å². The number of likely N-dealkylation sites (N-methyl/N-ethyl adjacent to an activating group) is 1. The van der Waals surface area contributed by atoms with Gasteiger partial charge in [0.15, 0.2) is 0 Å². The fourth-order valence-electron chi connectivity index (χ4n) is 2.35. The minimum absolute atomic E-state index is 0.421. The number of piperazine rings is 1. The van der Waals surface area contributed by atoms with E-state index in [0.717, 1.165) is 36.0 Å². The number of halogens is 2. The van der Waals surface area contributed by atoms with Gasteiger partial charge in [-0.05, 0) is 25.2 Å². The van der Waals surface area contributed by atoms with Crippen LogP contribution in [0.15, 0.2) is 34.2 Å². The van der Waals surface area contributed by atoms with Gasteiger partial charge in [-0.25, -0.2) is 4.98 Å². The highest BCUT2D eigenvalue weighted by molar-refractivity contribution is 7.99. The number of nitrogens with zero attached hydrogens (tertiary/aromatic N) is 5. The highest BCUT2D eigenvalue weighted by atomic mass is 35.5. The molecule has 2 aromatic rings. The number of hydrogen-bond donors (Lipinski definition) is 0. The Morgan fingerprint density at radius 1 is 1.21 bits per heavy atom. The maximum atomic E-state index is 8.92. The van der Waals surface area contributed by atoms with E-state index in [9.17, 15) is 0 Å². The summed E-state index contributed by atoms with van der Waals surface area (Å²) in [6.07, 6.45) is 1.74. The van der Waals surface area contributed by atoms with Crippen molar-refractivity contribution in [1.29, 1.82) is 5.26 Å². The van der Waals surface area contributed by atoms with Gasteiger partial charge in [0.25, 0.3) is 0 Å². The molecule has 1 aromatic heterocycles. The second-order valence-corrected chi connectivity index (χ2v) is 7.35. The molecule has 0 aliphatic carbocycles. The van der Waals surface area contributed by atoms with Gasteiger partial charge in [-0.2, -0.15) is 10.2 Å². The molecular weight excluding hydrogens is 365 g/mol. The minimum atomic E-state index is 0.421. The zero-order valence-corrected chi connectivity index (χ0v) is 15.4. The Kier molecular flexibility index (Phi) is 5.47. The van der Waals surface area contributed by atoms with Crippen LogP contribution in [0.5, 0.6) is 0 Å². The summed E-state index contributed by atoms with van der Waals surface area (Å²) in [5, 5.41) is 9.77. The molecule has 0 N–H and O–H groups in total. The maximum absolute atomic E-state index is 8.92. The molecule has 24 heavy (non-hydrogen) atoms. The lowest BCUT2D eigenvalue weighted by molar-refractivity contribution is 0.311. The summed E-state index contributed by atoms with van der Waals surface area (Å²) >= 11 is 13.8. The van der Waals surface area contributed by atoms with Crippen molar-refractivity contribution < 1.29 is 0 Å². The molecule has 1 fully saturated rings. The summed E-state index contributed by atoms with van der Waals surface area (Å²) in [5.41, 5.74) is 0.453. The zero-order valence-electron chi connectivity index (χ0n) is 13.0. The van der Waals surface area contributed by atoms with Crippen LogP contribution in [-0.4, -0.2) is 48.1 Å². The number of anilines is 1. The first-order valence-corrected chi connectivity index (χ1v) is 8.97. The van der Waals surface area contributed by atoms with E-state index in [1.54, 1.807) is 18.3 Å². The van der Waals surface area contributed by atoms with Crippen LogP contribution in [0, 0.1) is 11.3 Å². The molecule has 0 atom stereocenters. The normalized spacial score (nSPS) is 15.3. The Morgan fingerprint density at radius 3 is 2.58 bits per heavy atom. The van der Waals surface area contributed by atoms with Gasteiger partial charge >= 0.3 is 0 Å². The van der Waals surface area contributed by atoms with E-state index < -0.39 is 0 Å². The second-order valence-electron chi connectivity index (χ2n) is 5.47. The summed E-state index contributed by atoms with van der Waals surface area (Å²) in [6.45, 7) is 3.76. The van der Waals surface area contributed by atoms with E-state index in [4.69, 9.17) is 28.5 Å². The average molecular weight is 380 g/mol. The van der Waals surface area contributed by atoms with Crippen LogP contribution < -0.4 is 4.90 Å². The third-order valence-electron chi connectivity index (χ3n) is 3.77. The lowest BCUT2D eigenvalue weighted by atomic mass is 10.2. The topological polar surface area (TPSA) is 56.0 Å². The molecular formula is C16H15Cl2N5S. The Bertz CT molecular complexity index is 785. The van der Waals surface area contributed by atoms with Crippen LogP contribution in [0.3, 0.4) is 0 Å². The van der Waals surface area contributed by atoms with E-state index >= 15 is 0 Å². The van der Waals surface area contributed by atoms with E-state index in [0.29, 0.717) is 21.7 Å². The Balaban J connectivity index is 1.75. The molecule has 0 radical (unpaired) electrons. The summed E-state index contributed by atoms with van der Waals surface area (Å²) in [6, 6.07) is 7.31. The molecule has 1 aromatic carbocycles. The molecule has 0 saturated carbocycles. The van der Waals surface area contributed by atoms with Gasteiger partial charge in [0.2, 0.25) is 5.95 Å². The molecule has 8 heteroatoms. The van der Waals surface area contributed by atoms with Crippen molar-refractivity contribution in [2.75, 3.05) is 38.1 Å². The van der Waals surface area contributed by atoms with Crippen molar-refractivity contribution in [2.24, 2.45) is 0 Å². The van der Waals surface area contributed by atoms with E-state index in [-0.39, 0.29) is 0 Å². The van der Waals surface area contributed by atoms with Gasteiger partial charge in [-0.3, -0.25) is 0 Å². The molecule has 5 nitrogen and oxygen atoms in total. The predicted molar refractivity (Wildman–Crippen MR) is 97.0 cm³/mol. The average Bonchev–Trinajstić information content (AvgIpc) is 2.57. The lowest BCUT2D eigenvalue weighted by Crippen LogP contribution is -2.45. The number of nitriles is 1. The van der Waals surface area contributed by atoms with E-state index in [2.05, 4.69) is 26.8 Å². The first-order valence-electron chi connectivity index (χ1n) is 7.40. The van der Waals surface area contributed by atoms with Crippen LogP contribution in [-0.2, 0) is 0 Å². The molecule has 2 heterocycles. The standard InChI is InChI=1S/C16H15Cl2N5S/c1-22-4-6-23(7-5-22)16-20-10-14(15(18)21-16)24-12-3-2-11(9-19)13(17)8-12/h2-3,8,10H,4-7H2,1H3.